The highest BCUT2D eigenvalue weighted by molar-refractivity contribution is 7.98. The Morgan fingerprint density at radius 3 is 2.88 bits per heavy atom. The van der Waals surface area contributed by atoms with Crippen LogP contribution in [-0.2, 0) is 5.75 Å². The molecule has 0 spiro atoms. The predicted octanol–water partition coefficient (Wildman–Crippen LogP) is 5.33. The number of thioether (sulfide) groups is 1. The molecule has 2 heterocycles. The molecule has 2 aromatic carbocycles. The highest BCUT2D eigenvalue weighted by Gasteiger charge is 2.13. The van der Waals surface area contributed by atoms with Crippen LogP contribution < -0.4 is 0 Å². The van der Waals surface area contributed by atoms with E-state index in [0.29, 0.717) is 0 Å². The Morgan fingerprint density at radius 1 is 1.12 bits per heavy atom. The van der Waals surface area contributed by atoms with Crippen LogP contribution in [0.25, 0.3) is 16.5 Å². The van der Waals surface area contributed by atoms with Crippen molar-refractivity contribution < 1.29 is 4.39 Å². The molecule has 4 rings (SSSR count). The first-order valence-corrected chi connectivity index (χ1v) is 10.2. The first-order chi connectivity index (χ1) is 12.8. The van der Waals surface area contributed by atoms with Crippen molar-refractivity contribution in [3.63, 3.8) is 0 Å². The summed E-state index contributed by atoms with van der Waals surface area (Å²) in [5, 5.41) is 1.33. The highest BCUT2D eigenvalue weighted by Crippen LogP contribution is 2.24. The number of aromatic amines is 1. The fourth-order valence-electron chi connectivity index (χ4n) is 3.49. The van der Waals surface area contributed by atoms with Gasteiger partial charge >= 0.3 is 0 Å². The molecular formula is C22H23FN2S. The van der Waals surface area contributed by atoms with E-state index in [9.17, 15) is 4.39 Å². The maximum Gasteiger partial charge on any atom is 0.123 e. The first-order valence-electron chi connectivity index (χ1n) is 9.10. The zero-order valence-electron chi connectivity index (χ0n) is 14.7. The largest absolute Gasteiger partial charge is 0.361 e. The first kappa shape index (κ1) is 17.4. The van der Waals surface area contributed by atoms with E-state index < -0.39 is 0 Å². The number of halogens is 1. The molecular weight excluding hydrogens is 343 g/mol. The van der Waals surface area contributed by atoms with E-state index in [0.717, 1.165) is 43.1 Å². The summed E-state index contributed by atoms with van der Waals surface area (Å²) in [6.45, 7) is 3.11. The van der Waals surface area contributed by atoms with Gasteiger partial charge < -0.3 is 4.98 Å². The lowest BCUT2D eigenvalue weighted by Crippen LogP contribution is -2.30. The van der Waals surface area contributed by atoms with E-state index >= 15 is 0 Å². The van der Waals surface area contributed by atoms with Gasteiger partial charge in [-0.2, -0.15) is 11.8 Å². The third-order valence-electron chi connectivity index (χ3n) is 4.97. The molecule has 0 saturated carbocycles. The number of hydrogen-bond acceptors (Lipinski definition) is 2. The van der Waals surface area contributed by atoms with Crippen LogP contribution in [0.15, 0.2) is 60.8 Å². The van der Waals surface area contributed by atoms with Gasteiger partial charge in [-0.05, 0) is 41.3 Å². The number of hydrogen-bond donors (Lipinski definition) is 1. The summed E-state index contributed by atoms with van der Waals surface area (Å²) in [6.07, 6.45) is 5.38. The van der Waals surface area contributed by atoms with Gasteiger partial charge in [0.1, 0.15) is 5.82 Å². The second-order valence-electron chi connectivity index (χ2n) is 6.70. The van der Waals surface area contributed by atoms with E-state index in [1.807, 2.05) is 17.8 Å². The Kier molecular flexibility index (Phi) is 5.42. The molecule has 26 heavy (non-hydrogen) atoms. The van der Waals surface area contributed by atoms with Crippen molar-refractivity contribution in [1.82, 2.24) is 9.88 Å². The molecule has 0 amide bonds. The third-order valence-corrected chi connectivity index (χ3v) is 5.96. The Labute approximate surface area is 158 Å². The van der Waals surface area contributed by atoms with E-state index in [4.69, 9.17) is 0 Å². The quantitative estimate of drug-likeness (QED) is 0.595. The zero-order valence-corrected chi connectivity index (χ0v) is 15.6. The van der Waals surface area contributed by atoms with E-state index in [1.165, 1.54) is 28.1 Å². The molecule has 134 valence electrons. The summed E-state index contributed by atoms with van der Waals surface area (Å²) >= 11 is 1.99. The standard InChI is InChI=1S/C22H23FN2S/c23-20-5-3-4-18(14-20)17-8-10-25(11-9-17)12-13-26-16-19-15-24-22-7-2-1-6-21(19)22/h1-8,14-15,24H,9-13,16H2. The molecule has 3 aromatic rings. The Morgan fingerprint density at radius 2 is 2.04 bits per heavy atom. The number of aromatic nitrogens is 1. The monoisotopic (exact) mass is 366 g/mol. The molecule has 2 nitrogen and oxygen atoms in total. The maximum atomic E-state index is 13.4. The van der Waals surface area contributed by atoms with Gasteiger partial charge in [0.25, 0.3) is 0 Å². The van der Waals surface area contributed by atoms with Crippen LogP contribution in [0.4, 0.5) is 4.39 Å². The Balaban J connectivity index is 1.25. The minimum absolute atomic E-state index is 0.153. The summed E-state index contributed by atoms with van der Waals surface area (Å²) in [5.74, 6) is 2.02. The molecule has 1 aliphatic heterocycles. The molecule has 0 bridgehead atoms. The molecule has 4 heteroatoms. The van der Waals surface area contributed by atoms with Gasteiger partial charge in [0.15, 0.2) is 0 Å². The number of para-hydroxylation sites is 1. The maximum absolute atomic E-state index is 13.4. The molecule has 1 N–H and O–H groups in total. The molecule has 0 aliphatic carbocycles. The van der Waals surface area contributed by atoms with E-state index in [1.54, 1.807) is 12.1 Å². The molecule has 1 aromatic heterocycles. The molecule has 1 aliphatic rings. The van der Waals surface area contributed by atoms with Gasteiger partial charge in [-0.1, -0.05) is 36.4 Å². The van der Waals surface area contributed by atoms with Crippen LogP contribution in [0.2, 0.25) is 0 Å². The smallest absolute Gasteiger partial charge is 0.123 e. The van der Waals surface area contributed by atoms with E-state index in [-0.39, 0.29) is 5.82 Å². The van der Waals surface area contributed by atoms with Crippen molar-refractivity contribution in [3.05, 3.63) is 77.7 Å². The number of nitrogens with one attached hydrogen (secondary N) is 1. The van der Waals surface area contributed by atoms with Gasteiger partial charge in [-0.3, -0.25) is 4.90 Å². The van der Waals surface area contributed by atoms with Gasteiger partial charge in [-0.15, -0.1) is 0 Å². The van der Waals surface area contributed by atoms with Crippen LogP contribution in [0.5, 0.6) is 0 Å². The lowest BCUT2D eigenvalue weighted by molar-refractivity contribution is 0.321. The molecule has 0 saturated heterocycles. The Hall–Kier alpha value is -2.04. The number of fused-ring (bicyclic) bond motifs is 1. The van der Waals surface area contributed by atoms with Gasteiger partial charge in [0.05, 0.1) is 0 Å². The van der Waals surface area contributed by atoms with Crippen molar-refractivity contribution in [1.29, 1.82) is 0 Å². The van der Waals surface area contributed by atoms with Crippen molar-refractivity contribution >= 4 is 28.2 Å². The van der Waals surface area contributed by atoms with Crippen LogP contribution in [0.3, 0.4) is 0 Å². The highest BCUT2D eigenvalue weighted by atomic mass is 32.2. The minimum Gasteiger partial charge on any atom is -0.361 e. The molecule has 0 unspecified atom stereocenters. The number of rotatable bonds is 6. The normalized spacial score (nSPS) is 15.3. The lowest BCUT2D eigenvalue weighted by Gasteiger charge is -2.26. The SMILES string of the molecule is Fc1cccc(C2=CCN(CCSCc3c[nH]c4ccccc34)CC2)c1. The van der Waals surface area contributed by atoms with Gasteiger partial charge in [0, 0.05) is 48.2 Å². The second-order valence-corrected chi connectivity index (χ2v) is 7.81. The van der Waals surface area contributed by atoms with Crippen molar-refractivity contribution in [2.75, 3.05) is 25.4 Å². The van der Waals surface area contributed by atoms with Crippen LogP contribution in [-0.4, -0.2) is 35.3 Å². The molecule has 0 fully saturated rings. The van der Waals surface area contributed by atoms with E-state index in [2.05, 4.69) is 46.4 Å². The van der Waals surface area contributed by atoms with Crippen molar-refractivity contribution in [2.45, 2.75) is 12.2 Å². The number of nitrogens with zero attached hydrogens (tertiary/aromatic N) is 1. The lowest BCUT2D eigenvalue weighted by atomic mass is 9.99. The topological polar surface area (TPSA) is 19.0 Å². The summed E-state index contributed by atoms with van der Waals surface area (Å²) in [4.78, 5) is 5.82. The minimum atomic E-state index is -0.153. The second kappa shape index (κ2) is 8.11. The van der Waals surface area contributed by atoms with Crippen LogP contribution >= 0.6 is 11.8 Å². The summed E-state index contributed by atoms with van der Waals surface area (Å²) in [5.41, 5.74) is 4.90. The number of benzene rings is 2. The van der Waals surface area contributed by atoms with Crippen molar-refractivity contribution in [3.8, 4) is 0 Å². The summed E-state index contributed by atoms with van der Waals surface area (Å²) < 4.78 is 13.4. The van der Waals surface area contributed by atoms with Crippen molar-refractivity contribution in [2.24, 2.45) is 0 Å². The third kappa shape index (κ3) is 4.02. The number of H-pyrrole nitrogens is 1. The average Bonchev–Trinajstić information content (AvgIpc) is 3.09. The van der Waals surface area contributed by atoms with Gasteiger partial charge in [0.2, 0.25) is 0 Å². The molecule has 0 radical (unpaired) electrons. The fraction of sp³-hybridized carbons (Fsp3) is 0.273. The fourth-order valence-corrected chi connectivity index (χ4v) is 4.48. The van der Waals surface area contributed by atoms with Crippen LogP contribution in [0, 0.1) is 5.82 Å². The summed E-state index contributed by atoms with van der Waals surface area (Å²) in [7, 11) is 0. The van der Waals surface area contributed by atoms with Gasteiger partial charge in [-0.25, -0.2) is 4.39 Å². The predicted molar refractivity (Wildman–Crippen MR) is 110 cm³/mol. The summed E-state index contributed by atoms with van der Waals surface area (Å²) in [6, 6.07) is 15.4. The zero-order chi connectivity index (χ0) is 17.8. The Bertz CT molecular complexity index is 915. The molecule has 0 atom stereocenters. The average molecular weight is 367 g/mol. The van der Waals surface area contributed by atoms with Crippen LogP contribution in [0.1, 0.15) is 17.5 Å².